The van der Waals surface area contributed by atoms with E-state index < -0.39 is 17.4 Å². The Bertz CT molecular complexity index is 816. The molecule has 0 aliphatic rings. The number of carboxylic acid groups (broad SMARTS) is 1. The van der Waals surface area contributed by atoms with Gasteiger partial charge in [0.15, 0.2) is 0 Å². The van der Waals surface area contributed by atoms with E-state index in [2.05, 4.69) is 4.98 Å². The number of hydrogen-bond donors (Lipinski definition) is 2. The molecular formula is C17H16N2O4. The lowest BCUT2D eigenvalue weighted by atomic mass is 10.0. The first kappa shape index (κ1) is 16.3. The zero-order valence-electron chi connectivity index (χ0n) is 12.8. The van der Waals surface area contributed by atoms with E-state index in [1.165, 1.54) is 0 Å². The first-order valence-corrected chi connectivity index (χ1v) is 7.02. The molecule has 1 aromatic heterocycles. The van der Waals surface area contributed by atoms with Crippen molar-refractivity contribution in [3.8, 4) is 22.9 Å². The molecule has 0 saturated carbocycles. The highest BCUT2D eigenvalue weighted by Gasteiger charge is 2.12. The Hall–Kier alpha value is -3.07. The number of rotatable bonds is 5. The molecule has 6 heteroatoms. The van der Waals surface area contributed by atoms with Crippen LogP contribution < -0.4 is 10.3 Å². The molecular weight excluding hydrogens is 296 g/mol. The molecule has 1 unspecified atom stereocenters. The number of aryl methyl sites for hydroxylation is 1. The number of carbonyl (C=O) groups is 1. The Morgan fingerprint density at radius 3 is 2.61 bits per heavy atom. The van der Waals surface area contributed by atoms with Crippen molar-refractivity contribution in [2.45, 2.75) is 13.8 Å². The summed E-state index contributed by atoms with van der Waals surface area (Å²) in [5.41, 5.74) is 1.90. The van der Waals surface area contributed by atoms with E-state index in [9.17, 15) is 9.59 Å². The lowest BCUT2D eigenvalue weighted by Gasteiger charge is -2.11. The molecule has 0 aliphatic carbocycles. The van der Waals surface area contributed by atoms with Gasteiger partial charge in [0, 0.05) is 11.3 Å². The molecule has 0 fully saturated rings. The second-order valence-electron chi connectivity index (χ2n) is 5.24. The number of hydrogen-bond acceptors (Lipinski definition) is 4. The maximum atomic E-state index is 11.6. The summed E-state index contributed by atoms with van der Waals surface area (Å²) >= 11 is 0. The van der Waals surface area contributed by atoms with Gasteiger partial charge in [-0.15, -0.1) is 0 Å². The summed E-state index contributed by atoms with van der Waals surface area (Å²) < 4.78 is 5.42. The summed E-state index contributed by atoms with van der Waals surface area (Å²) in [6.07, 6.45) is 0. The van der Waals surface area contributed by atoms with Crippen molar-refractivity contribution in [2.75, 3.05) is 6.61 Å². The van der Waals surface area contributed by atoms with E-state index in [4.69, 9.17) is 15.1 Å². The van der Waals surface area contributed by atoms with Gasteiger partial charge in [0.1, 0.15) is 24.0 Å². The average Bonchev–Trinajstić information content (AvgIpc) is 2.53. The minimum absolute atomic E-state index is 0.0567. The molecule has 0 amide bonds. The SMILES string of the molecule is Cc1[nH]c(=O)c(C#N)cc1-c1ccc(OCC(C)C(=O)O)cc1. The summed E-state index contributed by atoms with van der Waals surface area (Å²) in [5, 5.41) is 17.8. The van der Waals surface area contributed by atoms with Crippen LogP contribution in [0.15, 0.2) is 35.1 Å². The molecule has 2 aromatic rings. The van der Waals surface area contributed by atoms with Crippen LogP contribution in [0.2, 0.25) is 0 Å². The molecule has 2 rings (SSSR count). The van der Waals surface area contributed by atoms with E-state index in [1.807, 2.05) is 6.07 Å². The number of aromatic nitrogens is 1. The van der Waals surface area contributed by atoms with Crippen LogP contribution in [0.3, 0.4) is 0 Å². The monoisotopic (exact) mass is 312 g/mol. The summed E-state index contributed by atoms with van der Waals surface area (Å²) in [4.78, 5) is 25.0. The Kier molecular flexibility index (Phi) is 4.82. The molecule has 6 nitrogen and oxygen atoms in total. The number of carboxylic acids is 1. The van der Waals surface area contributed by atoms with Crippen LogP contribution in [-0.2, 0) is 4.79 Å². The molecule has 1 heterocycles. The maximum Gasteiger partial charge on any atom is 0.309 e. The van der Waals surface area contributed by atoms with Gasteiger partial charge in [-0.1, -0.05) is 12.1 Å². The number of aliphatic carboxylic acids is 1. The van der Waals surface area contributed by atoms with Crippen LogP contribution in [0.1, 0.15) is 18.2 Å². The van der Waals surface area contributed by atoms with Gasteiger partial charge in [0.2, 0.25) is 0 Å². The summed E-state index contributed by atoms with van der Waals surface area (Å²) in [5.74, 6) is -0.937. The minimum Gasteiger partial charge on any atom is -0.493 e. The van der Waals surface area contributed by atoms with Crippen molar-refractivity contribution in [2.24, 2.45) is 5.92 Å². The van der Waals surface area contributed by atoms with Gasteiger partial charge in [-0.25, -0.2) is 0 Å². The lowest BCUT2D eigenvalue weighted by Crippen LogP contribution is -2.17. The average molecular weight is 312 g/mol. The Balaban J connectivity index is 2.22. The number of H-pyrrole nitrogens is 1. The standard InChI is InChI=1S/C17H16N2O4/c1-10(17(21)22)9-23-14-5-3-12(4-6-14)15-7-13(8-18)16(20)19-11(15)2/h3-7,10H,9H2,1-2H3,(H,19,20)(H,21,22). The number of aromatic amines is 1. The quantitative estimate of drug-likeness (QED) is 0.882. The lowest BCUT2D eigenvalue weighted by molar-refractivity contribution is -0.142. The number of nitrogens with zero attached hydrogens (tertiary/aromatic N) is 1. The van der Waals surface area contributed by atoms with E-state index in [1.54, 1.807) is 44.2 Å². The zero-order valence-corrected chi connectivity index (χ0v) is 12.8. The number of ether oxygens (including phenoxy) is 1. The fraction of sp³-hybridized carbons (Fsp3) is 0.235. The second-order valence-corrected chi connectivity index (χ2v) is 5.24. The van der Waals surface area contributed by atoms with Crippen molar-refractivity contribution >= 4 is 5.97 Å². The van der Waals surface area contributed by atoms with E-state index in [0.717, 1.165) is 11.1 Å². The number of benzene rings is 1. The number of nitrogens with one attached hydrogen (secondary N) is 1. The highest BCUT2D eigenvalue weighted by molar-refractivity contribution is 5.70. The summed E-state index contributed by atoms with van der Waals surface area (Å²) in [6.45, 7) is 3.42. The predicted molar refractivity (Wildman–Crippen MR) is 84.2 cm³/mol. The van der Waals surface area contributed by atoms with Gasteiger partial charge < -0.3 is 14.8 Å². The third-order valence-electron chi connectivity index (χ3n) is 3.45. The predicted octanol–water partition coefficient (Wildman–Crippen LogP) is 2.32. The molecule has 2 N–H and O–H groups in total. The van der Waals surface area contributed by atoms with Crippen LogP contribution in [0, 0.1) is 24.2 Å². The molecule has 0 saturated heterocycles. The van der Waals surface area contributed by atoms with Crippen LogP contribution >= 0.6 is 0 Å². The Labute approximate surface area is 133 Å². The molecule has 0 bridgehead atoms. The highest BCUT2D eigenvalue weighted by atomic mass is 16.5. The first-order chi connectivity index (χ1) is 10.9. The minimum atomic E-state index is -0.908. The van der Waals surface area contributed by atoms with Crippen molar-refractivity contribution in [3.05, 3.63) is 51.9 Å². The van der Waals surface area contributed by atoms with E-state index in [-0.39, 0.29) is 12.2 Å². The molecule has 0 radical (unpaired) electrons. The van der Waals surface area contributed by atoms with Gasteiger partial charge in [-0.05, 0) is 37.6 Å². The third-order valence-corrected chi connectivity index (χ3v) is 3.45. The van der Waals surface area contributed by atoms with Crippen molar-refractivity contribution in [1.29, 1.82) is 5.26 Å². The normalized spacial score (nSPS) is 11.5. The van der Waals surface area contributed by atoms with Gasteiger partial charge in [-0.2, -0.15) is 5.26 Å². The Morgan fingerprint density at radius 1 is 1.39 bits per heavy atom. The first-order valence-electron chi connectivity index (χ1n) is 7.02. The highest BCUT2D eigenvalue weighted by Crippen LogP contribution is 2.24. The van der Waals surface area contributed by atoms with Crippen molar-refractivity contribution < 1.29 is 14.6 Å². The fourth-order valence-corrected chi connectivity index (χ4v) is 2.03. The number of pyridine rings is 1. The molecule has 23 heavy (non-hydrogen) atoms. The van der Waals surface area contributed by atoms with Gasteiger partial charge >= 0.3 is 5.97 Å². The summed E-state index contributed by atoms with van der Waals surface area (Å²) in [6, 6.07) is 10.4. The van der Waals surface area contributed by atoms with Crippen LogP contribution in [0.5, 0.6) is 5.75 Å². The number of nitriles is 1. The molecule has 1 atom stereocenters. The van der Waals surface area contributed by atoms with Crippen molar-refractivity contribution in [1.82, 2.24) is 4.98 Å². The fourth-order valence-electron chi connectivity index (χ4n) is 2.03. The molecule has 0 spiro atoms. The van der Waals surface area contributed by atoms with Gasteiger partial charge in [0.05, 0.1) is 5.92 Å². The largest absolute Gasteiger partial charge is 0.493 e. The van der Waals surface area contributed by atoms with Crippen LogP contribution in [-0.4, -0.2) is 22.7 Å². The van der Waals surface area contributed by atoms with Crippen molar-refractivity contribution in [3.63, 3.8) is 0 Å². The van der Waals surface area contributed by atoms with Gasteiger partial charge in [-0.3, -0.25) is 9.59 Å². The molecule has 0 aliphatic heterocycles. The second kappa shape index (κ2) is 6.79. The zero-order chi connectivity index (χ0) is 17.0. The maximum absolute atomic E-state index is 11.6. The summed E-state index contributed by atoms with van der Waals surface area (Å²) in [7, 11) is 0. The smallest absolute Gasteiger partial charge is 0.309 e. The van der Waals surface area contributed by atoms with E-state index >= 15 is 0 Å². The van der Waals surface area contributed by atoms with Crippen LogP contribution in [0.25, 0.3) is 11.1 Å². The van der Waals surface area contributed by atoms with E-state index in [0.29, 0.717) is 11.4 Å². The topological polar surface area (TPSA) is 103 Å². The van der Waals surface area contributed by atoms with Gasteiger partial charge in [0.25, 0.3) is 5.56 Å². The molecule has 1 aromatic carbocycles. The Morgan fingerprint density at radius 2 is 2.04 bits per heavy atom. The third kappa shape index (κ3) is 3.77. The van der Waals surface area contributed by atoms with Crippen LogP contribution in [0.4, 0.5) is 0 Å². The molecule has 118 valence electrons.